The molecule has 0 aromatic carbocycles. The largest absolute Gasteiger partial charge is 0.307 e. The highest BCUT2D eigenvalue weighted by atomic mass is 32.1. The van der Waals surface area contributed by atoms with Gasteiger partial charge in [0.15, 0.2) is 0 Å². The highest BCUT2D eigenvalue weighted by Crippen LogP contribution is 2.24. The van der Waals surface area contributed by atoms with Crippen molar-refractivity contribution in [2.24, 2.45) is 0 Å². The lowest BCUT2D eigenvalue weighted by Gasteiger charge is -2.18. The molecule has 0 spiro atoms. The van der Waals surface area contributed by atoms with E-state index in [9.17, 15) is 0 Å². The second kappa shape index (κ2) is 7.08. The van der Waals surface area contributed by atoms with Crippen LogP contribution in [0.1, 0.15) is 62.8 Å². The van der Waals surface area contributed by atoms with Gasteiger partial charge in [-0.25, -0.2) is 0 Å². The molecule has 2 atom stereocenters. The van der Waals surface area contributed by atoms with E-state index in [1.807, 2.05) is 11.3 Å². The Kier molecular flexibility index (Phi) is 6.07. The van der Waals surface area contributed by atoms with Crippen LogP contribution in [-0.2, 0) is 6.42 Å². The van der Waals surface area contributed by atoms with Gasteiger partial charge >= 0.3 is 0 Å². The molecule has 92 valence electrons. The topological polar surface area (TPSA) is 12.0 Å². The van der Waals surface area contributed by atoms with Gasteiger partial charge in [-0.05, 0) is 38.8 Å². The summed E-state index contributed by atoms with van der Waals surface area (Å²) in [6, 6.07) is 5.65. The van der Waals surface area contributed by atoms with E-state index in [0.29, 0.717) is 12.1 Å². The number of unbranched alkanes of at least 4 members (excludes halogenated alkanes) is 1. The van der Waals surface area contributed by atoms with Gasteiger partial charge in [-0.2, -0.15) is 0 Å². The third-order valence-corrected chi connectivity index (χ3v) is 4.40. The first-order valence-corrected chi connectivity index (χ1v) is 7.33. The molecule has 2 heteroatoms. The van der Waals surface area contributed by atoms with Crippen molar-refractivity contribution >= 4 is 11.3 Å². The molecule has 0 bridgehead atoms. The molecule has 0 amide bonds. The van der Waals surface area contributed by atoms with Gasteiger partial charge in [-0.15, -0.1) is 11.3 Å². The van der Waals surface area contributed by atoms with Crippen LogP contribution in [0.2, 0.25) is 0 Å². The molecule has 1 N–H and O–H groups in total. The van der Waals surface area contributed by atoms with Crippen LogP contribution >= 0.6 is 11.3 Å². The molecule has 16 heavy (non-hydrogen) atoms. The fourth-order valence-corrected chi connectivity index (χ4v) is 2.88. The summed E-state index contributed by atoms with van der Waals surface area (Å²) in [6.07, 6.45) is 5.06. The molecular formula is C14H25NS. The molecule has 1 nitrogen and oxygen atoms in total. The van der Waals surface area contributed by atoms with Gasteiger partial charge in [0.05, 0.1) is 0 Å². The van der Waals surface area contributed by atoms with Crippen LogP contribution in [0, 0.1) is 0 Å². The Morgan fingerprint density at radius 1 is 1.25 bits per heavy atom. The first-order chi connectivity index (χ1) is 7.67. The number of rotatable bonds is 7. The standard InChI is InChI=1S/C14H25NS/c1-5-7-8-11(3)15-12(4)14-10-9-13(6-2)16-14/h9-12,15H,5-8H2,1-4H3. The van der Waals surface area contributed by atoms with E-state index in [-0.39, 0.29) is 0 Å². The van der Waals surface area contributed by atoms with Crippen molar-refractivity contribution in [3.05, 3.63) is 21.9 Å². The predicted molar refractivity (Wildman–Crippen MR) is 74.2 cm³/mol. The van der Waals surface area contributed by atoms with E-state index in [1.165, 1.54) is 29.0 Å². The summed E-state index contributed by atoms with van der Waals surface area (Å²) in [5, 5.41) is 3.68. The van der Waals surface area contributed by atoms with Gasteiger partial charge in [0, 0.05) is 21.8 Å². The molecule has 2 unspecified atom stereocenters. The van der Waals surface area contributed by atoms with Crippen molar-refractivity contribution in [1.82, 2.24) is 5.32 Å². The summed E-state index contributed by atoms with van der Waals surface area (Å²) in [6.45, 7) is 9.04. The monoisotopic (exact) mass is 239 g/mol. The van der Waals surface area contributed by atoms with Crippen LogP contribution in [0.3, 0.4) is 0 Å². The number of hydrogen-bond acceptors (Lipinski definition) is 2. The Morgan fingerprint density at radius 2 is 2.00 bits per heavy atom. The third-order valence-electron chi connectivity index (χ3n) is 2.98. The van der Waals surface area contributed by atoms with Gasteiger partial charge in [0.25, 0.3) is 0 Å². The molecule has 0 aliphatic carbocycles. The van der Waals surface area contributed by atoms with E-state index >= 15 is 0 Å². The lowest BCUT2D eigenvalue weighted by Crippen LogP contribution is -2.28. The average Bonchev–Trinajstić information content (AvgIpc) is 2.74. The quantitative estimate of drug-likeness (QED) is 0.736. The van der Waals surface area contributed by atoms with Crippen LogP contribution in [0.5, 0.6) is 0 Å². The van der Waals surface area contributed by atoms with Gasteiger partial charge in [0.2, 0.25) is 0 Å². The van der Waals surface area contributed by atoms with Crippen LogP contribution in [-0.4, -0.2) is 6.04 Å². The summed E-state index contributed by atoms with van der Waals surface area (Å²) in [5.74, 6) is 0. The molecule has 1 heterocycles. The molecular weight excluding hydrogens is 214 g/mol. The van der Waals surface area contributed by atoms with Crippen molar-refractivity contribution in [2.75, 3.05) is 0 Å². The molecule has 0 aliphatic heterocycles. The Labute approximate surface area is 104 Å². The van der Waals surface area contributed by atoms with Crippen LogP contribution in [0.25, 0.3) is 0 Å². The molecule has 0 aliphatic rings. The zero-order valence-corrected chi connectivity index (χ0v) is 11.9. The van der Waals surface area contributed by atoms with E-state index < -0.39 is 0 Å². The second-order valence-electron chi connectivity index (χ2n) is 4.59. The SMILES string of the molecule is CCCCC(C)NC(C)c1ccc(CC)s1. The Morgan fingerprint density at radius 3 is 2.56 bits per heavy atom. The lowest BCUT2D eigenvalue weighted by molar-refractivity contribution is 0.448. The molecule has 1 aromatic rings. The number of aryl methyl sites for hydroxylation is 1. The molecule has 0 radical (unpaired) electrons. The lowest BCUT2D eigenvalue weighted by atomic mass is 10.1. The third kappa shape index (κ3) is 4.26. The van der Waals surface area contributed by atoms with E-state index in [2.05, 4.69) is 45.1 Å². The first kappa shape index (κ1) is 13.7. The fourth-order valence-electron chi connectivity index (χ4n) is 1.92. The van der Waals surface area contributed by atoms with Gasteiger partial charge < -0.3 is 5.32 Å². The predicted octanol–water partition coefficient (Wildman–Crippen LogP) is 4.54. The summed E-state index contributed by atoms with van der Waals surface area (Å²) >= 11 is 1.94. The molecule has 1 aromatic heterocycles. The van der Waals surface area contributed by atoms with Crippen molar-refractivity contribution in [3.63, 3.8) is 0 Å². The first-order valence-electron chi connectivity index (χ1n) is 6.52. The summed E-state index contributed by atoms with van der Waals surface area (Å²) in [4.78, 5) is 2.96. The maximum absolute atomic E-state index is 3.68. The summed E-state index contributed by atoms with van der Waals surface area (Å²) in [5.41, 5.74) is 0. The highest BCUT2D eigenvalue weighted by Gasteiger charge is 2.10. The van der Waals surface area contributed by atoms with E-state index in [4.69, 9.17) is 0 Å². The maximum Gasteiger partial charge on any atom is 0.0388 e. The summed E-state index contributed by atoms with van der Waals surface area (Å²) < 4.78 is 0. The maximum atomic E-state index is 3.68. The van der Waals surface area contributed by atoms with Gasteiger partial charge in [-0.3, -0.25) is 0 Å². The minimum atomic E-state index is 0.497. The highest BCUT2D eigenvalue weighted by molar-refractivity contribution is 7.12. The van der Waals surface area contributed by atoms with E-state index in [1.54, 1.807) is 0 Å². The molecule has 1 rings (SSSR count). The Bertz CT molecular complexity index is 293. The van der Waals surface area contributed by atoms with Crippen molar-refractivity contribution in [2.45, 2.75) is 65.5 Å². The minimum absolute atomic E-state index is 0.497. The zero-order chi connectivity index (χ0) is 12.0. The van der Waals surface area contributed by atoms with Crippen LogP contribution in [0.4, 0.5) is 0 Å². The Hall–Kier alpha value is -0.340. The van der Waals surface area contributed by atoms with Gasteiger partial charge in [-0.1, -0.05) is 26.7 Å². The molecule has 0 saturated carbocycles. The van der Waals surface area contributed by atoms with E-state index in [0.717, 1.165) is 6.42 Å². The van der Waals surface area contributed by atoms with Crippen molar-refractivity contribution in [3.8, 4) is 0 Å². The minimum Gasteiger partial charge on any atom is -0.307 e. The van der Waals surface area contributed by atoms with Crippen molar-refractivity contribution < 1.29 is 0 Å². The zero-order valence-electron chi connectivity index (χ0n) is 11.0. The fraction of sp³-hybridized carbons (Fsp3) is 0.714. The molecule has 0 fully saturated rings. The smallest absolute Gasteiger partial charge is 0.0388 e. The molecule has 0 saturated heterocycles. The Balaban J connectivity index is 2.41. The van der Waals surface area contributed by atoms with Crippen LogP contribution in [0.15, 0.2) is 12.1 Å². The van der Waals surface area contributed by atoms with Gasteiger partial charge in [0.1, 0.15) is 0 Å². The van der Waals surface area contributed by atoms with Crippen molar-refractivity contribution in [1.29, 1.82) is 0 Å². The second-order valence-corrected chi connectivity index (χ2v) is 5.79. The van der Waals surface area contributed by atoms with Crippen LogP contribution < -0.4 is 5.32 Å². The number of nitrogens with one attached hydrogen (secondary N) is 1. The number of hydrogen-bond donors (Lipinski definition) is 1. The normalized spacial score (nSPS) is 15.0. The summed E-state index contributed by atoms with van der Waals surface area (Å²) in [7, 11) is 0. The average molecular weight is 239 g/mol. The number of thiophene rings is 1.